The minimum absolute atomic E-state index is 0.136. The van der Waals surface area contributed by atoms with E-state index in [1.165, 1.54) is 6.07 Å². The molecule has 0 amide bonds. The maximum atomic E-state index is 11.2. The van der Waals surface area contributed by atoms with Gasteiger partial charge in [-0.2, -0.15) is 0 Å². The summed E-state index contributed by atoms with van der Waals surface area (Å²) in [4.78, 5) is 11.2. The van der Waals surface area contributed by atoms with Gasteiger partial charge >= 0.3 is 5.97 Å². The number of aliphatic hydroxyl groups excluding tert-OH is 1. The highest BCUT2D eigenvalue weighted by Gasteiger charge is 2.17. The van der Waals surface area contributed by atoms with Crippen LogP contribution in [0.4, 0.5) is 0 Å². The number of rotatable bonds is 4. The van der Waals surface area contributed by atoms with Crippen LogP contribution in [-0.4, -0.2) is 16.2 Å². The first-order valence-electron chi connectivity index (χ1n) is 6.22. The second-order valence-corrected chi connectivity index (χ2v) is 4.39. The van der Waals surface area contributed by atoms with Crippen molar-refractivity contribution < 1.29 is 15.0 Å². The fourth-order valence-electron chi connectivity index (χ4n) is 2.09. The van der Waals surface area contributed by atoms with E-state index >= 15 is 0 Å². The Morgan fingerprint density at radius 1 is 1.16 bits per heavy atom. The summed E-state index contributed by atoms with van der Waals surface area (Å²) >= 11 is 0. The Labute approximate surface area is 112 Å². The Kier molecular flexibility index (Phi) is 3.97. The molecule has 3 nitrogen and oxygen atoms in total. The third-order valence-electron chi connectivity index (χ3n) is 3.16. The van der Waals surface area contributed by atoms with Gasteiger partial charge in [-0.25, -0.2) is 4.79 Å². The molecule has 0 aliphatic rings. The third kappa shape index (κ3) is 2.83. The van der Waals surface area contributed by atoms with Crippen LogP contribution in [0.3, 0.4) is 0 Å². The fourth-order valence-corrected chi connectivity index (χ4v) is 2.09. The third-order valence-corrected chi connectivity index (χ3v) is 3.16. The summed E-state index contributed by atoms with van der Waals surface area (Å²) in [6, 6.07) is 14.1. The van der Waals surface area contributed by atoms with E-state index in [2.05, 4.69) is 0 Å². The van der Waals surface area contributed by atoms with Gasteiger partial charge < -0.3 is 10.2 Å². The molecule has 2 aromatic carbocycles. The standard InChI is InChI=1S/C16H16O3/c1-2-11-6-5-7-12(10-11)15(17)13-8-3-4-9-14(13)16(18)19/h3-10,15,17H,2H2,1H3,(H,18,19). The van der Waals surface area contributed by atoms with Crippen LogP contribution in [0.1, 0.15) is 40.1 Å². The van der Waals surface area contributed by atoms with Crippen molar-refractivity contribution in [3.05, 3.63) is 70.8 Å². The molecular weight excluding hydrogens is 240 g/mol. The summed E-state index contributed by atoms with van der Waals surface area (Å²) in [6.45, 7) is 2.04. The molecule has 1 atom stereocenters. The number of aryl methyl sites for hydroxylation is 1. The number of aliphatic hydroxyl groups is 1. The Hall–Kier alpha value is -2.13. The molecule has 0 radical (unpaired) electrons. The second kappa shape index (κ2) is 5.67. The average Bonchev–Trinajstić information content (AvgIpc) is 2.46. The Morgan fingerprint density at radius 2 is 1.89 bits per heavy atom. The monoisotopic (exact) mass is 256 g/mol. The number of carboxylic acids is 1. The summed E-state index contributed by atoms with van der Waals surface area (Å²) in [6.07, 6.45) is -0.0416. The van der Waals surface area contributed by atoms with E-state index in [1.54, 1.807) is 18.2 Å². The predicted octanol–water partition coefficient (Wildman–Crippen LogP) is 3.03. The van der Waals surface area contributed by atoms with Crippen LogP contribution < -0.4 is 0 Å². The molecule has 2 aromatic rings. The van der Waals surface area contributed by atoms with Crippen LogP contribution in [-0.2, 0) is 6.42 Å². The molecule has 3 heteroatoms. The molecular formula is C16H16O3. The van der Waals surface area contributed by atoms with Crippen molar-refractivity contribution in [3.63, 3.8) is 0 Å². The molecule has 19 heavy (non-hydrogen) atoms. The molecule has 0 saturated heterocycles. The summed E-state index contributed by atoms with van der Waals surface area (Å²) < 4.78 is 0. The van der Waals surface area contributed by atoms with Gasteiger partial charge in [0.15, 0.2) is 0 Å². The van der Waals surface area contributed by atoms with E-state index < -0.39 is 12.1 Å². The highest BCUT2D eigenvalue weighted by Crippen LogP contribution is 2.25. The second-order valence-electron chi connectivity index (χ2n) is 4.39. The summed E-state index contributed by atoms with van der Waals surface area (Å²) in [7, 11) is 0. The maximum absolute atomic E-state index is 11.2. The Balaban J connectivity index is 2.43. The summed E-state index contributed by atoms with van der Waals surface area (Å²) in [5, 5.41) is 19.5. The molecule has 0 spiro atoms. The molecule has 0 aromatic heterocycles. The Bertz CT molecular complexity index is 590. The molecule has 0 bridgehead atoms. The lowest BCUT2D eigenvalue weighted by molar-refractivity contribution is 0.0691. The van der Waals surface area contributed by atoms with Crippen LogP contribution in [0.2, 0.25) is 0 Å². The first-order chi connectivity index (χ1) is 9.13. The minimum atomic E-state index is -1.03. The van der Waals surface area contributed by atoms with Crippen LogP contribution in [0.5, 0.6) is 0 Å². The van der Waals surface area contributed by atoms with Crippen molar-refractivity contribution in [1.82, 2.24) is 0 Å². The minimum Gasteiger partial charge on any atom is -0.478 e. The van der Waals surface area contributed by atoms with Crippen molar-refractivity contribution in [1.29, 1.82) is 0 Å². The number of aromatic carboxylic acids is 1. The first kappa shape index (κ1) is 13.3. The van der Waals surface area contributed by atoms with Gasteiger partial charge in [-0.05, 0) is 29.2 Å². The highest BCUT2D eigenvalue weighted by atomic mass is 16.4. The van der Waals surface area contributed by atoms with Crippen LogP contribution in [0.15, 0.2) is 48.5 Å². The zero-order valence-electron chi connectivity index (χ0n) is 10.7. The summed E-state index contributed by atoms with van der Waals surface area (Å²) in [5.41, 5.74) is 2.39. The van der Waals surface area contributed by atoms with E-state index in [9.17, 15) is 9.90 Å². The van der Waals surface area contributed by atoms with Gasteiger partial charge in [-0.3, -0.25) is 0 Å². The molecule has 0 heterocycles. The maximum Gasteiger partial charge on any atom is 0.336 e. The van der Waals surface area contributed by atoms with Gasteiger partial charge in [0.05, 0.1) is 5.56 Å². The van der Waals surface area contributed by atoms with Crippen LogP contribution >= 0.6 is 0 Å². The smallest absolute Gasteiger partial charge is 0.336 e. The fraction of sp³-hybridized carbons (Fsp3) is 0.188. The molecule has 0 aliphatic heterocycles. The number of hydrogen-bond donors (Lipinski definition) is 2. The number of carbonyl (C=O) groups is 1. The number of benzene rings is 2. The lowest BCUT2D eigenvalue weighted by Gasteiger charge is -2.14. The van der Waals surface area contributed by atoms with E-state index in [4.69, 9.17) is 5.11 Å². The Morgan fingerprint density at radius 3 is 2.58 bits per heavy atom. The topological polar surface area (TPSA) is 57.5 Å². The SMILES string of the molecule is CCc1cccc(C(O)c2ccccc2C(=O)O)c1. The van der Waals surface area contributed by atoms with Gasteiger partial charge in [0, 0.05) is 0 Å². The quantitative estimate of drug-likeness (QED) is 0.884. The van der Waals surface area contributed by atoms with Crippen LogP contribution in [0, 0.1) is 0 Å². The lowest BCUT2D eigenvalue weighted by atomic mass is 9.95. The van der Waals surface area contributed by atoms with Crippen LogP contribution in [0.25, 0.3) is 0 Å². The zero-order valence-corrected chi connectivity index (χ0v) is 10.7. The van der Waals surface area contributed by atoms with Crippen molar-refractivity contribution in [2.24, 2.45) is 0 Å². The molecule has 2 rings (SSSR count). The van der Waals surface area contributed by atoms with Crippen molar-refractivity contribution in [2.75, 3.05) is 0 Å². The normalized spacial score (nSPS) is 12.1. The van der Waals surface area contributed by atoms with Gasteiger partial charge in [0.25, 0.3) is 0 Å². The van der Waals surface area contributed by atoms with E-state index in [-0.39, 0.29) is 5.56 Å². The molecule has 98 valence electrons. The molecule has 2 N–H and O–H groups in total. The lowest BCUT2D eigenvalue weighted by Crippen LogP contribution is -2.08. The number of hydrogen-bond acceptors (Lipinski definition) is 2. The molecule has 0 saturated carbocycles. The zero-order chi connectivity index (χ0) is 13.8. The average molecular weight is 256 g/mol. The van der Waals surface area contributed by atoms with Crippen molar-refractivity contribution in [2.45, 2.75) is 19.4 Å². The first-order valence-corrected chi connectivity index (χ1v) is 6.22. The van der Waals surface area contributed by atoms with Gasteiger partial charge in [0.2, 0.25) is 0 Å². The summed E-state index contributed by atoms with van der Waals surface area (Å²) in [5.74, 6) is -1.03. The predicted molar refractivity (Wildman–Crippen MR) is 73.3 cm³/mol. The van der Waals surface area contributed by atoms with Crippen molar-refractivity contribution in [3.8, 4) is 0 Å². The van der Waals surface area contributed by atoms with E-state index in [1.807, 2.05) is 31.2 Å². The van der Waals surface area contributed by atoms with Crippen molar-refractivity contribution >= 4 is 5.97 Å². The molecule has 0 aliphatic carbocycles. The van der Waals surface area contributed by atoms with Gasteiger partial charge in [-0.1, -0.05) is 49.4 Å². The highest BCUT2D eigenvalue weighted by molar-refractivity contribution is 5.89. The molecule has 1 unspecified atom stereocenters. The van der Waals surface area contributed by atoms with Gasteiger partial charge in [-0.15, -0.1) is 0 Å². The number of carboxylic acid groups (broad SMARTS) is 1. The largest absolute Gasteiger partial charge is 0.478 e. The van der Waals surface area contributed by atoms with E-state index in [0.717, 1.165) is 12.0 Å². The molecule has 0 fully saturated rings. The van der Waals surface area contributed by atoms with E-state index in [0.29, 0.717) is 11.1 Å². The van der Waals surface area contributed by atoms with Gasteiger partial charge in [0.1, 0.15) is 6.10 Å².